The number of aliphatic hydroxyl groups excluding tert-OH is 2. The van der Waals surface area contributed by atoms with Crippen molar-refractivity contribution in [2.24, 2.45) is 5.92 Å². The average Bonchev–Trinajstić information content (AvgIpc) is 3.07. The van der Waals surface area contributed by atoms with Gasteiger partial charge in [0.2, 0.25) is 0 Å². The maximum Gasteiger partial charge on any atom is 0.107 e. The molecule has 3 heteroatoms. The standard InChI is InChI=1S/C44H91NO2/c1-5-8-10-12-14-16-18-20-21-22-23-24-25-26-28-29-31-33-35-37-39-41(4)44(47)45-42(7-3)43(46)40-38-36-34-32-30-27-19-17-15-13-11-9-6-2/h41-47H,5-40H2,1-4H3. The summed E-state index contributed by atoms with van der Waals surface area (Å²) in [5, 5.41) is 25.0. The number of nitrogens with one attached hydrogen (secondary N) is 1. The van der Waals surface area contributed by atoms with E-state index in [-0.39, 0.29) is 18.1 Å². The average molecular weight is 666 g/mol. The first-order chi connectivity index (χ1) is 23.1. The highest BCUT2D eigenvalue weighted by Gasteiger charge is 2.22. The van der Waals surface area contributed by atoms with Crippen molar-refractivity contribution in [2.75, 3.05) is 0 Å². The Hall–Kier alpha value is -0.120. The van der Waals surface area contributed by atoms with Crippen LogP contribution in [0.4, 0.5) is 0 Å². The summed E-state index contributed by atoms with van der Waals surface area (Å²) in [4.78, 5) is 0. The predicted octanol–water partition coefficient (Wildman–Crippen LogP) is 14.4. The molecule has 0 saturated carbocycles. The SMILES string of the molecule is CCCCCCCCCCCCCCCCCCCCCCC(C)C(O)NC(CC)C(O)CCCCCCCCCCCCCCC. The van der Waals surface area contributed by atoms with E-state index in [1.54, 1.807) is 0 Å². The number of hydrogen-bond acceptors (Lipinski definition) is 3. The topological polar surface area (TPSA) is 52.5 Å². The molecule has 47 heavy (non-hydrogen) atoms. The van der Waals surface area contributed by atoms with Crippen LogP contribution >= 0.6 is 0 Å². The third-order valence-corrected chi connectivity index (χ3v) is 10.9. The van der Waals surface area contributed by atoms with Gasteiger partial charge in [0.25, 0.3) is 0 Å². The largest absolute Gasteiger partial charge is 0.392 e. The van der Waals surface area contributed by atoms with Crippen LogP contribution in [0, 0.1) is 5.92 Å². The van der Waals surface area contributed by atoms with Crippen molar-refractivity contribution >= 4 is 0 Å². The molecule has 3 nitrogen and oxygen atoms in total. The molecular weight excluding hydrogens is 574 g/mol. The highest BCUT2D eigenvalue weighted by atomic mass is 16.3. The van der Waals surface area contributed by atoms with Crippen molar-refractivity contribution in [3.8, 4) is 0 Å². The first-order valence-electron chi connectivity index (χ1n) is 22.2. The van der Waals surface area contributed by atoms with Crippen LogP contribution in [0.25, 0.3) is 0 Å². The smallest absolute Gasteiger partial charge is 0.107 e. The minimum atomic E-state index is -0.512. The van der Waals surface area contributed by atoms with Gasteiger partial charge in [-0.05, 0) is 25.2 Å². The molecule has 3 N–H and O–H groups in total. The quantitative estimate of drug-likeness (QED) is 0.0451. The molecule has 0 aromatic carbocycles. The molecule has 0 aliphatic rings. The van der Waals surface area contributed by atoms with Crippen LogP contribution in [0.1, 0.15) is 259 Å². The lowest BCUT2D eigenvalue weighted by Gasteiger charge is -2.29. The van der Waals surface area contributed by atoms with Crippen LogP contribution in [0.15, 0.2) is 0 Å². The van der Waals surface area contributed by atoms with Gasteiger partial charge in [-0.3, -0.25) is 5.32 Å². The van der Waals surface area contributed by atoms with Crippen LogP contribution < -0.4 is 5.32 Å². The van der Waals surface area contributed by atoms with Gasteiger partial charge < -0.3 is 10.2 Å². The van der Waals surface area contributed by atoms with Gasteiger partial charge in [0.15, 0.2) is 0 Å². The highest BCUT2D eigenvalue weighted by molar-refractivity contribution is 4.77. The molecule has 0 fully saturated rings. The number of unbranched alkanes of at least 4 members (excludes halogenated alkanes) is 31. The van der Waals surface area contributed by atoms with Crippen molar-refractivity contribution in [3.05, 3.63) is 0 Å². The van der Waals surface area contributed by atoms with Gasteiger partial charge in [-0.1, -0.05) is 240 Å². The van der Waals surface area contributed by atoms with Crippen LogP contribution in [0.5, 0.6) is 0 Å². The molecular formula is C44H91NO2. The Morgan fingerprint density at radius 2 is 0.617 bits per heavy atom. The van der Waals surface area contributed by atoms with E-state index in [9.17, 15) is 10.2 Å². The zero-order valence-electron chi connectivity index (χ0n) is 33.2. The summed E-state index contributed by atoms with van der Waals surface area (Å²) in [6, 6.07) is -0.000295. The van der Waals surface area contributed by atoms with E-state index >= 15 is 0 Å². The van der Waals surface area contributed by atoms with E-state index in [0.29, 0.717) is 0 Å². The van der Waals surface area contributed by atoms with Crippen LogP contribution in [0.3, 0.4) is 0 Å². The lowest BCUT2D eigenvalue weighted by atomic mass is 9.97. The summed E-state index contributed by atoms with van der Waals surface area (Å²) in [6.45, 7) is 8.88. The van der Waals surface area contributed by atoms with Gasteiger partial charge in [-0.25, -0.2) is 0 Å². The monoisotopic (exact) mass is 666 g/mol. The molecule has 0 aliphatic heterocycles. The molecule has 0 rings (SSSR count). The Labute approximate surface area is 298 Å². The van der Waals surface area contributed by atoms with Crippen molar-refractivity contribution in [3.63, 3.8) is 0 Å². The summed E-state index contributed by atoms with van der Waals surface area (Å²) in [5.74, 6) is 0.239. The minimum absolute atomic E-state index is 0.000295. The number of aliphatic hydroxyl groups is 2. The second-order valence-electron chi connectivity index (χ2n) is 15.7. The molecule has 0 saturated heterocycles. The molecule has 0 aliphatic carbocycles. The molecule has 0 spiro atoms. The van der Waals surface area contributed by atoms with E-state index in [1.165, 1.54) is 205 Å². The maximum absolute atomic E-state index is 10.8. The van der Waals surface area contributed by atoms with Crippen molar-refractivity contribution in [1.29, 1.82) is 0 Å². The molecule has 0 heterocycles. The van der Waals surface area contributed by atoms with Crippen LogP contribution in [0.2, 0.25) is 0 Å². The Morgan fingerprint density at radius 1 is 0.362 bits per heavy atom. The minimum Gasteiger partial charge on any atom is -0.392 e. The van der Waals surface area contributed by atoms with Gasteiger partial charge >= 0.3 is 0 Å². The van der Waals surface area contributed by atoms with Gasteiger partial charge in [-0.15, -0.1) is 0 Å². The zero-order valence-corrected chi connectivity index (χ0v) is 33.2. The normalized spacial score (nSPS) is 14.4. The lowest BCUT2D eigenvalue weighted by Crippen LogP contribution is -2.47. The molecule has 4 atom stereocenters. The molecule has 0 aromatic rings. The molecule has 284 valence electrons. The third-order valence-electron chi connectivity index (χ3n) is 10.9. The van der Waals surface area contributed by atoms with Crippen LogP contribution in [-0.4, -0.2) is 28.6 Å². The fraction of sp³-hybridized carbons (Fsp3) is 1.00. The summed E-state index contributed by atoms with van der Waals surface area (Å²) in [6.07, 6.45) is 47.8. The molecule has 4 unspecified atom stereocenters. The Balaban J connectivity index is 3.57. The first-order valence-corrected chi connectivity index (χ1v) is 22.2. The van der Waals surface area contributed by atoms with Gasteiger partial charge in [0.05, 0.1) is 6.10 Å². The number of hydrogen-bond donors (Lipinski definition) is 3. The first kappa shape index (κ1) is 46.9. The van der Waals surface area contributed by atoms with E-state index < -0.39 is 6.23 Å². The van der Waals surface area contributed by atoms with Gasteiger partial charge in [-0.2, -0.15) is 0 Å². The Kier molecular flexibility index (Phi) is 38.6. The van der Waals surface area contributed by atoms with Crippen molar-refractivity contribution in [1.82, 2.24) is 5.32 Å². The second kappa shape index (κ2) is 38.7. The fourth-order valence-corrected chi connectivity index (χ4v) is 7.34. The van der Waals surface area contributed by atoms with Gasteiger partial charge in [0.1, 0.15) is 6.23 Å². The fourth-order valence-electron chi connectivity index (χ4n) is 7.34. The van der Waals surface area contributed by atoms with Crippen LogP contribution in [-0.2, 0) is 0 Å². The maximum atomic E-state index is 10.8. The predicted molar refractivity (Wildman–Crippen MR) is 211 cm³/mol. The lowest BCUT2D eigenvalue weighted by molar-refractivity contribution is 0.0279. The van der Waals surface area contributed by atoms with Crippen molar-refractivity contribution in [2.45, 2.75) is 277 Å². The van der Waals surface area contributed by atoms with E-state index in [0.717, 1.165) is 25.7 Å². The van der Waals surface area contributed by atoms with Gasteiger partial charge in [0, 0.05) is 6.04 Å². The summed E-state index contributed by atoms with van der Waals surface area (Å²) in [7, 11) is 0. The second-order valence-corrected chi connectivity index (χ2v) is 15.7. The summed E-state index contributed by atoms with van der Waals surface area (Å²) < 4.78 is 0. The Bertz CT molecular complexity index is 569. The Morgan fingerprint density at radius 3 is 0.894 bits per heavy atom. The van der Waals surface area contributed by atoms with E-state index in [4.69, 9.17) is 0 Å². The van der Waals surface area contributed by atoms with E-state index in [2.05, 4.69) is 33.0 Å². The third kappa shape index (κ3) is 34.1. The summed E-state index contributed by atoms with van der Waals surface area (Å²) >= 11 is 0. The highest BCUT2D eigenvalue weighted by Crippen LogP contribution is 2.19. The van der Waals surface area contributed by atoms with Crippen molar-refractivity contribution < 1.29 is 10.2 Å². The molecule has 0 radical (unpaired) electrons. The molecule has 0 aromatic heterocycles. The summed E-state index contributed by atoms with van der Waals surface area (Å²) in [5.41, 5.74) is 0. The molecule has 0 bridgehead atoms. The molecule has 0 amide bonds. The number of rotatable bonds is 40. The van der Waals surface area contributed by atoms with E-state index in [1.807, 2.05) is 0 Å². The zero-order chi connectivity index (χ0) is 34.5.